The predicted octanol–water partition coefficient (Wildman–Crippen LogP) is 4.52. The molecule has 4 rings (SSSR count). The summed E-state index contributed by atoms with van der Waals surface area (Å²) in [5.41, 5.74) is 2.33. The highest BCUT2D eigenvalue weighted by Gasteiger charge is 2.36. The highest BCUT2D eigenvalue weighted by Crippen LogP contribution is 2.38. The second kappa shape index (κ2) is 12.0. The van der Waals surface area contributed by atoms with E-state index in [2.05, 4.69) is 15.6 Å². The summed E-state index contributed by atoms with van der Waals surface area (Å²) in [6, 6.07) is 21.4. The molecule has 3 aromatic carbocycles. The van der Waals surface area contributed by atoms with Gasteiger partial charge in [0.1, 0.15) is 18.1 Å². The number of methoxy groups -OCH3 is 2. The van der Waals surface area contributed by atoms with Crippen LogP contribution in [0.5, 0.6) is 11.5 Å². The summed E-state index contributed by atoms with van der Waals surface area (Å²) in [5, 5.41) is 11.5. The number of hydrogen-bond acceptors (Lipinski definition) is 6. The maximum Gasteiger partial charge on any atom is 0.248 e. The Morgan fingerprint density at radius 2 is 1.69 bits per heavy atom. The molecule has 9 heteroatoms. The number of carbonyl (C=O) groups is 2. The van der Waals surface area contributed by atoms with E-state index in [1.807, 2.05) is 75.4 Å². The highest BCUT2D eigenvalue weighted by atomic mass is 16.5. The number of aromatic nitrogens is 3. The Bertz CT molecular complexity index is 1430. The minimum Gasteiger partial charge on any atom is -0.493 e. The first-order chi connectivity index (χ1) is 18.8. The number of ether oxygens (including phenoxy) is 2. The number of rotatable bonds is 11. The molecule has 1 atom stereocenters. The summed E-state index contributed by atoms with van der Waals surface area (Å²) in [7, 11) is 3.07. The smallest absolute Gasteiger partial charge is 0.248 e. The van der Waals surface area contributed by atoms with E-state index in [4.69, 9.17) is 9.47 Å². The Hall–Kier alpha value is -4.40. The van der Waals surface area contributed by atoms with Crippen molar-refractivity contribution in [3.05, 3.63) is 83.9 Å². The van der Waals surface area contributed by atoms with Gasteiger partial charge in [0.05, 0.1) is 19.7 Å². The molecule has 0 saturated heterocycles. The largest absolute Gasteiger partial charge is 0.493 e. The normalized spacial score (nSPS) is 12.1. The molecule has 1 N–H and O–H groups in total. The third-order valence-electron chi connectivity index (χ3n) is 6.85. The summed E-state index contributed by atoms with van der Waals surface area (Å²) < 4.78 is 12.8. The summed E-state index contributed by atoms with van der Waals surface area (Å²) in [4.78, 5) is 29.8. The molecule has 0 unspecified atom stereocenters. The lowest BCUT2D eigenvalue weighted by Crippen LogP contribution is -2.50. The average molecular weight is 530 g/mol. The van der Waals surface area contributed by atoms with Gasteiger partial charge in [-0.1, -0.05) is 66.7 Å². The van der Waals surface area contributed by atoms with E-state index in [0.717, 1.165) is 11.1 Å². The van der Waals surface area contributed by atoms with Crippen molar-refractivity contribution >= 4 is 22.8 Å². The minimum atomic E-state index is -1.01. The molecule has 4 aromatic rings. The predicted molar refractivity (Wildman–Crippen MR) is 149 cm³/mol. The van der Waals surface area contributed by atoms with Crippen LogP contribution in [0.25, 0.3) is 11.0 Å². The van der Waals surface area contributed by atoms with Crippen molar-refractivity contribution < 1.29 is 19.1 Å². The van der Waals surface area contributed by atoms with Gasteiger partial charge in [0, 0.05) is 17.6 Å². The quantitative estimate of drug-likeness (QED) is 0.307. The van der Waals surface area contributed by atoms with Crippen LogP contribution in [-0.4, -0.2) is 51.5 Å². The molecule has 39 heavy (non-hydrogen) atoms. The molecule has 204 valence electrons. The Morgan fingerprint density at radius 3 is 2.38 bits per heavy atom. The van der Waals surface area contributed by atoms with Crippen molar-refractivity contribution in [1.82, 2.24) is 25.2 Å². The minimum absolute atomic E-state index is 0.0966. The summed E-state index contributed by atoms with van der Waals surface area (Å²) in [6.45, 7) is 6.01. The Kier molecular flexibility index (Phi) is 8.49. The molecule has 1 heterocycles. The van der Waals surface area contributed by atoms with Crippen LogP contribution in [-0.2, 0) is 22.7 Å². The van der Waals surface area contributed by atoms with Crippen molar-refractivity contribution in [3.8, 4) is 11.5 Å². The zero-order valence-corrected chi connectivity index (χ0v) is 23.0. The summed E-state index contributed by atoms with van der Waals surface area (Å²) in [5.74, 6) is 0.249. The van der Waals surface area contributed by atoms with Gasteiger partial charge in [0.2, 0.25) is 11.8 Å². The number of fused-ring (bicyclic) bond motifs is 1. The van der Waals surface area contributed by atoms with E-state index in [9.17, 15) is 9.59 Å². The van der Waals surface area contributed by atoms with Crippen molar-refractivity contribution in [1.29, 1.82) is 0 Å². The number of nitrogens with one attached hydrogen (secondary N) is 1. The molecule has 0 aliphatic rings. The number of nitrogens with zero attached hydrogens (tertiary/aromatic N) is 4. The molecule has 0 fully saturated rings. The maximum absolute atomic E-state index is 14.2. The van der Waals surface area contributed by atoms with Crippen LogP contribution < -0.4 is 14.8 Å². The molecule has 0 bridgehead atoms. The molecule has 0 saturated carbocycles. The SMILES string of the molecule is CCC(C)(C)NC(=O)[C@H](c1cccc(OC)c1OC)N(Cc1ccccc1)C(=O)Cn1nnc2ccccc21. The van der Waals surface area contributed by atoms with Gasteiger partial charge in [-0.15, -0.1) is 5.10 Å². The van der Waals surface area contributed by atoms with E-state index in [-0.39, 0.29) is 24.9 Å². The van der Waals surface area contributed by atoms with E-state index in [1.165, 1.54) is 7.11 Å². The number of amides is 2. The molecule has 0 spiro atoms. The van der Waals surface area contributed by atoms with Crippen LogP contribution in [0.15, 0.2) is 72.8 Å². The van der Waals surface area contributed by atoms with Gasteiger partial charge >= 0.3 is 0 Å². The van der Waals surface area contributed by atoms with Crippen molar-refractivity contribution in [3.63, 3.8) is 0 Å². The van der Waals surface area contributed by atoms with Crippen LogP contribution in [0.4, 0.5) is 0 Å². The highest BCUT2D eigenvalue weighted by molar-refractivity contribution is 5.90. The van der Waals surface area contributed by atoms with Crippen molar-refractivity contribution in [2.75, 3.05) is 14.2 Å². The lowest BCUT2D eigenvalue weighted by molar-refractivity contribution is -0.143. The Labute approximate surface area is 228 Å². The fourth-order valence-electron chi connectivity index (χ4n) is 4.42. The molecule has 0 radical (unpaired) electrons. The zero-order valence-electron chi connectivity index (χ0n) is 23.0. The first kappa shape index (κ1) is 27.6. The standard InChI is InChI=1S/C30H35N5O4/c1-6-30(2,3)31-29(37)27(22-15-12-18-25(38-4)28(22)39-5)34(19-21-13-8-7-9-14-21)26(36)20-35-24-17-11-10-16-23(24)32-33-35/h7-18,27H,6,19-20H2,1-5H3,(H,31,37)/t27-/m0/s1. The van der Waals surface area contributed by atoms with E-state index < -0.39 is 11.6 Å². The second-order valence-electron chi connectivity index (χ2n) is 9.96. The fourth-order valence-corrected chi connectivity index (χ4v) is 4.42. The number of hydrogen-bond donors (Lipinski definition) is 1. The van der Waals surface area contributed by atoms with Crippen LogP contribution in [0.1, 0.15) is 44.4 Å². The monoisotopic (exact) mass is 529 g/mol. The van der Waals surface area contributed by atoms with Gasteiger partial charge in [-0.2, -0.15) is 0 Å². The molecule has 9 nitrogen and oxygen atoms in total. The summed E-state index contributed by atoms with van der Waals surface area (Å²) >= 11 is 0. The number of carbonyl (C=O) groups excluding carboxylic acids is 2. The topological polar surface area (TPSA) is 98.6 Å². The lowest BCUT2D eigenvalue weighted by Gasteiger charge is -2.35. The molecular weight excluding hydrogens is 494 g/mol. The first-order valence-corrected chi connectivity index (χ1v) is 12.9. The Morgan fingerprint density at radius 1 is 0.974 bits per heavy atom. The number of para-hydroxylation sites is 2. The van der Waals surface area contributed by atoms with Crippen molar-refractivity contribution in [2.24, 2.45) is 0 Å². The first-order valence-electron chi connectivity index (χ1n) is 12.9. The molecule has 2 amide bonds. The third-order valence-corrected chi connectivity index (χ3v) is 6.85. The van der Waals surface area contributed by atoms with Crippen LogP contribution in [0, 0.1) is 0 Å². The van der Waals surface area contributed by atoms with Gasteiger partial charge in [-0.05, 0) is 44.0 Å². The van der Waals surface area contributed by atoms with E-state index in [0.29, 0.717) is 29.0 Å². The average Bonchev–Trinajstić information content (AvgIpc) is 3.35. The fraction of sp³-hybridized carbons (Fsp3) is 0.333. The summed E-state index contributed by atoms with van der Waals surface area (Å²) in [6.07, 6.45) is 0.707. The van der Waals surface area contributed by atoms with Crippen molar-refractivity contribution in [2.45, 2.75) is 51.9 Å². The van der Waals surface area contributed by atoms with E-state index in [1.54, 1.807) is 34.9 Å². The molecule has 1 aromatic heterocycles. The zero-order chi connectivity index (χ0) is 28.0. The maximum atomic E-state index is 14.2. The second-order valence-corrected chi connectivity index (χ2v) is 9.96. The van der Waals surface area contributed by atoms with Gasteiger partial charge in [0.25, 0.3) is 0 Å². The number of benzene rings is 3. The lowest BCUT2D eigenvalue weighted by atomic mass is 9.97. The Balaban J connectivity index is 1.84. The molecule has 0 aliphatic heterocycles. The van der Waals surface area contributed by atoms with Crippen LogP contribution in [0.3, 0.4) is 0 Å². The van der Waals surface area contributed by atoms with E-state index >= 15 is 0 Å². The van der Waals surface area contributed by atoms with Crippen LogP contribution >= 0.6 is 0 Å². The van der Waals surface area contributed by atoms with Gasteiger partial charge in [-0.25, -0.2) is 4.68 Å². The molecular formula is C30H35N5O4. The van der Waals surface area contributed by atoms with Gasteiger partial charge < -0.3 is 19.7 Å². The van der Waals surface area contributed by atoms with Gasteiger partial charge in [0.15, 0.2) is 11.5 Å². The van der Waals surface area contributed by atoms with Gasteiger partial charge in [-0.3, -0.25) is 9.59 Å². The van der Waals surface area contributed by atoms with Crippen LogP contribution in [0.2, 0.25) is 0 Å². The third kappa shape index (κ3) is 6.19. The molecule has 0 aliphatic carbocycles.